The fourth-order valence-corrected chi connectivity index (χ4v) is 3.37. The summed E-state index contributed by atoms with van der Waals surface area (Å²) in [7, 11) is 0. The Hall–Kier alpha value is -3.02. The Labute approximate surface area is 172 Å². The number of ether oxygens (including phenoxy) is 1. The molecule has 0 aromatic heterocycles. The van der Waals surface area contributed by atoms with Crippen molar-refractivity contribution in [3.63, 3.8) is 0 Å². The first-order valence-corrected chi connectivity index (χ1v) is 10.2. The molecule has 3 N–H and O–H groups in total. The van der Waals surface area contributed by atoms with Crippen LogP contribution in [0.3, 0.4) is 0 Å². The van der Waals surface area contributed by atoms with Crippen molar-refractivity contribution in [2.24, 2.45) is 4.99 Å². The van der Waals surface area contributed by atoms with Crippen LogP contribution in [0.25, 0.3) is 0 Å². The summed E-state index contributed by atoms with van der Waals surface area (Å²) in [5, 5.41) is 15.8. The number of aliphatic carboxylic acids is 1. The Bertz CT molecular complexity index is 791. The van der Waals surface area contributed by atoms with Crippen LogP contribution in [0.5, 0.6) is 5.75 Å². The minimum atomic E-state index is -0.776. The third-order valence-corrected chi connectivity index (χ3v) is 4.88. The minimum absolute atomic E-state index is 0.0390. The topological polar surface area (TPSA) is 83.0 Å². The van der Waals surface area contributed by atoms with Crippen LogP contribution in [-0.2, 0) is 11.2 Å². The Morgan fingerprint density at radius 2 is 1.97 bits per heavy atom. The maximum Gasteiger partial charge on any atom is 0.303 e. The largest absolute Gasteiger partial charge is 0.494 e. The van der Waals surface area contributed by atoms with Gasteiger partial charge < -0.3 is 20.5 Å². The standard InChI is InChI=1S/C23H29N3O3/c27-22(28)17-20(19-6-2-1-3-7-19)16-18-8-10-21(11-9-18)29-15-5-14-26-23-24-12-4-13-25-23/h1-3,6-11,20H,4-5,12-17H2,(H,27,28)(H2,24,25,26)/t20-/m0/s1. The van der Waals surface area contributed by atoms with E-state index in [4.69, 9.17) is 4.74 Å². The molecule has 154 valence electrons. The molecule has 0 fully saturated rings. The zero-order valence-electron chi connectivity index (χ0n) is 16.6. The van der Waals surface area contributed by atoms with E-state index in [1.165, 1.54) is 0 Å². The van der Waals surface area contributed by atoms with Gasteiger partial charge in [-0.3, -0.25) is 9.79 Å². The van der Waals surface area contributed by atoms with Crippen molar-refractivity contribution in [2.45, 2.75) is 31.6 Å². The van der Waals surface area contributed by atoms with Gasteiger partial charge in [-0.05, 0) is 48.4 Å². The van der Waals surface area contributed by atoms with Gasteiger partial charge >= 0.3 is 5.97 Å². The smallest absolute Gasteiger partial charge is 0.303 e. The number of benzene rings is 2. The Balaban J connectivity index is 1.44. The number of hydrogen-bond acceptors (Lipinski definition) is 5. The number of nitrogens with zero attached hydrogens (tertiary/aromatic N) is 1. The minimum Gasteiger partial charge on any atom is -0.494 e. The molecule has 0 saturated carbocycles. The van der Waals surface area contributed by atoms with Gasteiger partial charge in [-0.2, -0.15) is 0 Å². The number of hydrogen-bond donors (Lipinski definition) is 3. The first-order valence-electron chi connectivity index (χ1n) is 10.2. The second-order valence-electron chi connectivity index (χ2n) is 7.19. The molecule has 1 aliphatic rings. The summed E-state index contributed by atoms with van der Waals surface area (Å²) in [6.07, 6.45) is 2.79. The summed E-state index contributed by atoms with van der Waals surface area (Å²) in [5.74, 6) is 0.899. The van der Waals surface area contributed by atoms with Crippen molar-refractivity contribution < 1.29 is 14.6 Å². The highest BCUT2D eigenvalue weighted by atomic mass is 16.5. The highest BCUT2D eigenvalue weighted by Crippen LogP contribution is 2.25. The van der Waals surface area contributed by atoms with E-state index >= 15 is 0 Å². The van der Waals surface area contributed by atoms with Crippen LogP contribution in [0, 0.1) is 0 Å². The Morgan fingerprint density at radius 3 is 2.66 bits per heavy atom. The fourth-order valence-electron chi connectivity index (χ4n) is 3.37. The Kier molecular flexibility index (Phi) is 7.92. The third-order valence-electron chi connectivity index (χ3n) is 4.88. The van der Waals surface area contributed by atoms with Gasteiger partial charge in [0.1, 0.15) is 5.75 Å². The molecule has 2 aromatic rings. The van der Waals surface area contributed by atoms with Crippen LogP contribution >= 0.6 is 0 Å². The predicted molar refractivity (Wildman–Crippen MR) is 115 cm³/mol. The summed E-state index contributed by atoms with van der Waals surface area (Å²) >= 11 is 0. The molecule has 3 rings (SSSR count). The quantitative estimate of drug-likeness (QED) is 0.538. The van der Waals surface area contributed by atoms with E-state index in [0.29, 0.717) is 13.0 Å². The second kappa shape index (κ2) is 11.1. The van der Waals surface area contributed by atoms with E-state index in [9.17, 15) is 9.90 Å². The number of nitrogens with one attached hydrogen (secondary N) is 2. The molecule has 1 atom stereocenters. The zero-order valence-corrected chi connectivity index (χ0v) is 16.6. The van der Waals surface area contributed by atoms with Gasteiger partial charge in [-0.1, -0.05) is 42.5 Å². The van der Waals surface area contributed by atoms with E-state index < -0.39 is 5.97 Å². The molecule has 0 radical (unpaired) electrons. The monoisotopic (exact) mass is 395 g/mol. The molecule has 1 heterocycles. The molecule has 6 nitrogen and oxygen atoms in total. The molecular formula is C23H29N3O3. The lowest BCUT2D eigenvalue weighted by atomic mass is 9.89. The van der Waals surface area contributed by atoms with Crippen LogP contribution in [0.4, 0.5) is 0 Å². The van der Waals surface area contributed by atoms with Gasteiger partial charge in [-0.25, -0.2) is 0 Å². The summed E-state index contributed by atoms with van der Waals surface area (Å²) in [6, 6.07) is 17.8. The SMILES string of the molecule is O=C(O)C[C@H](Cc1ccc(OCCCNC2=NCCCN2)cc1)c1ccccc1. The first-order chi connectivity index (χ1) is 14.2. The van der Waals surface area contributed by atoms with Crippen molar-refractivity contribution in [3.8, 4) is 5.75 Å². The van der Waals surface area contributed by atoms with E-state index in [2.05, 4.69) is 15.6 Å². The van der Waals surface area contributed by atoms with Gasteiger partial charge in [0, 0.05) is 19.6 Å². The highest BCUT2D eigenvalue weighted by molar-refractivity contribution is 5.80. The average Bonchev–Trinajstić information content (AvgIpc) is 2.75. The van der Waals surface area contributed by atoms with E-state index in [1.54, 1.807) is 0 Å². The van der Waals surface area contributed by atoms with E-state index in [1.807, 2.05) is 54.6 Å². The van der Waals surface area contributed by atoms with Crippen molar-refractivity contribution in [1.82, 2.24) is 10.6 Å². The summed E-state index contributed by atoms with van der Waals surface area (Å²) in [6.45, 7) is 3.31. The second-order valence-corrected chi connectivity index (χ2v) is 7.19. The Morgan fingerprint density at radius 1 is 1.17 bits per heavy atom. The van der Waals surface area contributed by atoms with Gasteiger partial charge in [0.05, 0.1) is 13.0 Å². The van der Waals surface area contributed by atoms with Crippen LogP contribution in [0.1, 0.15) is 36.3 Å². The summed E-state index contributed by atoms with van der Waals surface area (Å²) in [4.78, 5) is 15.6. The van der Waals surface area contributed by atoms with Crippen molar-refractivity contribution in [1.29, 1.82) is 0 Å². The maximum absolute atomic E-state index is 11.3. The molecular weight excluding hydrogens is 366 g/mol. The summed E-state index contributed by atoms with van der Waals surface area (Å²) in [5.41, 5.74) is 2.16. The number of aliphatic imine (C=N–C) groups is 1. The van der Waals surface area contributed by atoms with Crippen LogP contribution < -0.4 is 15.4 Å². The lowest BCUT2D eigenvalue weighted by Gasteiger charge is -2.16. The first kappa shape index (κ1) is 20.7. The average molecular weight is 396 g/mol. The lowest BCUT2D eigenvalue weighted by molar-refractivity contribution is -0.137. The molecule has 0 saturated heterocycles. The molecule has 0 spiro atoms. The summed E-state index contributed by atoms with van der Waals surface area (Å²) < 4.78 is 5.81. The molecule has 29 heavy (non-hydrogen) atoms. The van der Waals surface area contributed by atoms with Crippen LogP contribution in [0.15, 0.2) is 59.6 Å². The normalized spacial score (nSPS) is 14.4. The molecule has 0 unspecified atom stereocenters. The van der Waals surface area contributed by atoms with Gasteiger partial charge in [0.25, 0.3) is 0 Å². The van der Waals surface area contributed by atoms with Gasteiger partial charge in [0.15, 0.2) is 5.96 Å². The fraction of sp³-hybridized carbons (Fsp3) is 0.391. The van der Waals surface area contributed by atoms with Crippen LogP contribution in [-0.4, -0.2) is 43.3 Å². The molecule has 0 aliphatic carbocycles. The van der Waals surface area contributed by atoms with E-state index in [0.717, 1.165) is 55.3 Å². The lowest BCUT2D eigenvalue weighted by Crippen LogP contribution is -2.41. The number of carboxylic acids is 1. The molecule has 2 aromatic carbocycles. The van der Waals surface area contributed by atoms with Crippen molar-refractivity contribution >= 4 is 11.9 Å². The third kappa shape index (κ3) is 7.14. The van der Waals surface area contributed by atoms with Crippen molar-refractivity contribution in [2.75, 3.05) is 26.2 Å². The highest BCUT2D eigenvalue weighted by Gasteiger charge is 2.16. The van der Waals surface area contributed by atoms with Crippen LogP contribution in [0.2, 0.25) is 0 Å². The number of rotatable bonds is 10. The number of carboxylic acid groups (broad SMARTS) is 1. The van der Waals surface area contributed by atoms with Crippen molar-refractivity contribution in [3.05, 3.63) is 65.7 Å². The molecule has 1 aliphatic heterocycles. The zero-order chi connectivity index (χ0) is 20.3. The van der Waals surface area contributed by atoms with Gasteiger partial charge in [-0.15, -0.1) is 0 Å². The molecule has 6 heteroatoms. The predicted octanol–water partition coefficient (Wildman–Crippen LogP) is 3.20. The maximum atomic E-state index is 11.3. The van der Waals surface area contributed by atoms with E-state index in [-0.39, 0.29) is 12.3 Å². The molecule has 0 amide bonds. The number of guanidine groups is 1. The van der Waals surface area contributed by atoms with Gasteiger partial charge in [0.2, 0.25) is 0 Å². The number of carbonyl (C=O) groups is 1. The molecule has 0 bridgehead atoms.